The van der Waals surface area contributed by atoms with Gasteiger partial charge in [-0.1, -0.05) is 12.1 Å². The molecule has 0 aliphatic carbocycles. The smallest absolute Gasteiger partial charge is 0.406 e. The first-order valence-corrected chi connectivity index (χ1v) is 10.2. The average molecular weight is 425 g/mol. The van der Waals surface area contributed by atoms with Crippen LogP contribution in [-0.4, -0.2) is 50.2 Å². The molecule has 1 aliphatic rings. The second-order valence-corrected chi connectivity index (χ2v) is 8.45. The quantitative estimate of drug-likeness (QED) is 0.737. The van der Waals surface area contributed by atoms with Crippen LogP contribution in [0.15, 0.2) is 53.4 Å². The molecule has 0 unspecified atom stereocenters. The van der Waals surface area contributed by atoms with Crippen molar-refractivity contribution >= 4 is 10.0 Å². The van der Waals surface area contributed by atoms with Gasteiger partial charge < -0.3 is 4.74 Å². The SMILES string of the molecule is N#Cc1ccc(CN2CCN(S(=O)(=O)c3ccc(OC(F)(F)F)cc3)CC2)cc1. The Hall–Kier alpha value is -2.61. The first kappa shape index (κ1) is 21.1. The predicted molar refractivity (Wildman–Crippen MR) is 98.3 cm³/mol. The monoisotopic (exact) mass is 425 g/mol. The molecule has 29 heavy (non-hydrogen) atoms. The molecule has 0 aromatic heterocycles. The highest BCUT2D eigenvalue weighted by atomic mass is 32.2. The van der Waals surface area contributed by atoms with Gasteiger partial charge in [-0.15, -0.1) is 13.2 Å². The van der Waals surface area contributed by atoms with Crippen molar-refractivity contribution in [3.05, 3.63) is 59.7 Å². The summed E-state index contributed by atoms with van der Waals surface area (Å²) in [5, 5.41) is 8.83. The molecule has 0 atom stereocenters. The zero-order valence-corrected chi connectivity index (χ0v) is 16.1. The Morgan fingerprint density at radius 2 is 1.55 bits per heavy atom. The number of ether oxygens (including phenoxy) is 1. The van der Waals surface area contributed by atoms with Gasteiger partial charge in [-0.2, -0.15) is 9.57 Å². The van der Waals surface area contributed by atoms with Gasteiger partial charge in [0.15, 0.2) is 0 Å². The molecular formula is C19H18F3N3O3S. The summed E-state index contributed by atoms with van der Waals surface area (Å²) < 4.78 is 67.2. The number of nitriles is 1. The maximum atomic E-state index is 12.7. The van der Waals surface area contributed by atoms with Gasteiger partial charge in [0.25, 0.3) is 0 Å². The molecule has 1 fully saturated rings. The molecule has 0 N–H and O–H groups in total. The summed E-state index contributed by atoms with van der Waals surface area (Å²) in [7, 11) is -3.79. The van der Waals surface area contributed by atoms with E-state index < -0.39 is 22.1 Å². The fraction of sp³-hybridized carbons (Fsp3) is 0.316. The average Bonchev–Trinajstić information content (AvgIpc) is 2.68. The summed E-state index contributed by atoms with van der Waals surface area (Å²) in [6, 6.07) is 13.5. The molecule has 154 valence electrons. The van der Waals surface area contributed by atoms with Crippen LogP contribution in [0.1, 0.15) is 11.1 Å². The highest BCUT2D eigenvalue weighted by Gasteiger charge is 2.32. The maximum absolute atomic E-state index is 12.7. The van der Waals surface area contributed by atoms with Crippen molar-refractivity contribution in [2.75, 3.05) is 26.2 Å². The van der Waals surface area contributed by atoms with Crippen molar-refractivity contribution in [3.63, 3.8) is 0 Å². The van der Waals surface area contributed by atoms with Crippen LogP contribution in [0.3, 0.4) is 0 Å². The fourth-order valence-electron chi connectivity index (χ4n) is 3.03. The summed E-state index contributed by atoms with van der Waals surface area (Å²) in [6.45, 7) is 2.24. The first-order valence-electron chi connectivity index (χ1n) is 8.75. The molecule has 0 bridgehead atoms. The molecule has 1 saturated heterocycles. The molecule has 2 aromatic rings. The third-order valence-corrected chi connectivity index (χ3v) is 6.43. The molecule has 6 nitrogen and oxygen atoms in total. The van der Waals surface area contributed by atoms with E-state index in [0.717, 1.165) is 29.8 Å². The zero-order chi connectivity index (χ0) is 21.1. The van der Waals surface area contributed by atoms with Crippen LogP contribution in [-0.2, 0) is 16.6 Å². The number of halogens is 3. The Labute approximate surface area is 166 Å². The number of alkyl halides is 3. The summed E-state index contributed by atoms with van der Waals surface area (Å²) in [5.74, 6) is -0.469. The van der Waals surface area contributed by atoms with Crippen LogP contribution in [0.25, 0.3) is 0 Å². The molecule has 0 spiro atoms. The van der Waals surface area contributed by atoms with Crippen LogP contribution in [0.4, 0.5) is 13.2 Å². The van der Waals surface area contributed by atoms with Crippen molar-refractivity contribution in [2.45, 2.75) is 17.8 Å². The van der Waals surface area contributed by atoms with E-state index in [1.807, 2.05) is 12.1 Å². The van der Waals surface area contributed by atoms with Gasteiger partial charge in [-0.25, -0.2) is 8.42 Å². The van der Waals surface area contributed by atoms with E-state index in [1.165, 1.54) is 4.31 Å². The largest absolute Gasteiger partial charge is 0.573 e. The summed E-state index contributed by atoms with van der Waals surface area (Å²) in [4.78, 5) is 2.03. The molecule has 3 rings (SSSR count). The van der Waals surface area contributed by atoms with Crippen molar-refractivity contribution in [3.8, 4) is 11.8 Å². The Bertz CT molecular complexity index is 977. The lowest BCUT2D eigenvalue weighted by molar-refractivity contribution is -0.274. The van der Waals surface area contributed by atoms with E-state index in [2.05, 4.69) is 15.7 Å². The lowest BCUT2D eigenvalue weighted by Gasteiger charge is -2.34. The Morgan fingerprint density at radius 3 is 2.07 bits per heavy atom. The Balaban J connectivity index is 1.59. The van der Waals surface area contributed by atoms with Crippen molar-refractivity contribution < 1.29 is 26.3 Å². The van der Waals surface area contributed by atoms with E-state index in [1.54, 1.807) is 12.1 Å². The summed E-state index contributed by atoms with van der Waals surface area (Å²) in [5.41, 5.74) is 1.61. The minimum Gasteiger partial charge on any atom is -0.406 e. The first-order chi connectivity index (χ1) is 13.7. The Morgan fingerprint density at radius 1 is 0.966 bits per heavy atom. The highest BCUT2D eigenvalue weighted by molar-refractivity contribution is 7.89. The molecule has 0 amide bonds. The number of sulfonamides is 1. The van der Waals surface area contributed by atoms with Gasteiger partial charge in [0, 0.05) is 32.7 Å². The molecule has 1 heterocycles. The topological polar surface area (TPSA) is 73.6 Å². The minimum absolute atomic E-state index is 0.0763. The predicted octanol–water partition coefficient (Wildman–Crippen LogP) is 2.96. The summed E-state index contributed by atoms with van der Waals surface area (Å²) >= 11 is 0. The standard InChI is InChI=1S/C19H18F3N3O3S/c20-19(21,22)28-17-5-7-18(8-6-17)29(26,27)25-11-9-24(10-12-25)14-16-3-1-15(13-23)2-4-16/h1-8H,9-12,14H2. The van der Waals surface area contributed by atoms with E-state index in [0.29, 0.717) is 25.2 Å². The molecular weight excluding hydrogens is 407 g/mol. The third-order valence-electron chi connectivity index (χ3n) is 4.52. The molecule has 1 aliphatic heterocycles. The van der Waals surface area contributed by atoms with Gasteiger partial charge in [0.05, 0.1) is 16.5 Å². The van der Waals surface area contributed by atoms with Crippen molar-refractivity contribution in [1.82, 2.24) is 9.21 Å². The van der Waals surface area contributed by atoms with Crippen LogP contribution in [0.2, 0.25) is 0 Å². The van der Waals surface area contributed by atoms with Gasteiger partial charge in [0.1, 0.15) is 5.75 Å². The van der Waals surface area contributed by atoms with E-state index in [4.69, 9.17) is 5.26 Å². The van der Waals surface area contributed by atoms with Gasteiger partial charge in [-0.05, 0) is 42.0 Å². The van der Waals surface area contributed by atoms with E-state index in [9.17, 15) is 21.6 Å². The van der Waals surface area contributed by atoms with Gasteiger partial charge in [-0.3, -0.25) is 4.90 Å². The normalized spacial score (nSPS) is 16.3. The maximum Gasteiger partial charge on any atom is 0.573 e. The third kappa shape index (κ3) is 5.47. The minimum atomic E-state index is -4.83. The number of benzene rings is 2. The van der Waals surface area contributed by atoms with Crippen LogP contribution in [0.5, 0.6) is 5.75 Å². The molecule has 2 aromatic carbocycles. The van der Waals surface area contributed by atoms with Gasteiger partial charge >= 0.3 is 6.36 Å². The Kier molecular flexibility index (Phi) is 6.12. The van der Waals surface area contributed by atoms with Gasteiger partial charge in [0.2, 0.25) is 10.0 Å². The lowest BCUT2D eigenvalue weighted by atomic mass is 10.1. The molecule has 0 radical (unpaired) electrons. The number of piperazine rings is 1. The molecule has 10 heteroatoms. The zero-order valence-electron chi connectivity index (χ0n) is 15.3. The number of nitrogens with zero attached hydrogens (tertiary/aromatic N) is 3. The second kappa shape index (κ2) is 8.41. The lowest BCUT2D eigenvalue weighted by Crippen LogP contribution is -2.48. The molecule has 0 saturated carbocycles. The van der Waals surface area contributed by atoms with Crippen LogP contribution >= 0.6 is 0 Å². The van der Waals surface area contributed by atoms with Crippen molar-refractivity contribution in [1.29, 1.82) is 5.26 Å². The van der Waals surface area contributed by atoms with E-state index >= 15 is 0 Å². The number of hydrogen-bond donors (Lipinski definition) is 0. The number of rotatable bonds is 5. The number of hydrogen-bond acceptors (Lipinski definition) is 5. The van der Waals surface area contributed by atoms with Crippen LogP contribution in [0, 0.1) is 11.3 Å². The summed E-state index contributed by atoms with van der Waals surface area (Å²) in [6.07, 6.45) is -4.83. The fourth-order valence-corrected chi connectivity index (χ4v) is 4.46. The highest BCUT2D eigenvalue weighted by Crippen LogP contribution is 2.25. The second-order valence-electron chi connectivity index (χ2n) is 6.51. The van der Waals surface area contributed by atoms with Crippen molar-refractivity contribution in [2.24, 2.45) is 0 Å². The van der Waals surface area contributed by atoms with Crippen LogP contribution < -0.4 is 4.74 Å². The van der Waals surface area contributed by atoms with E-state index in [-0.39, 0.29) is 18.0 Å².